The lowest BCUT2D eigenvalue weighted by molar-refractivity contribution is -0.210. The maximum atomic E-state index is 10.7. The molecule has 3 N–H and O–H groups in total. The fourth-order valence-corrected chi connectivity index (χ4v) is 2.15. The highest BCUT2D eigenvalue weighted by atomic mass is 32.2. The van der Waals surface area contributed by atoms with Gasteiger partial charge < -0.3 is 20.1 Å². The van der Waals surface area contributed by atoms with Crippen LogP contribution in [0.3, 0.4) is 0 Å². The van der Waals surface area contributed by atoms with E-state index in [1.807, 2.05) is 0 Å². The van der Waals surface area contributed by atoms with E-state index in [9.17, 15) is 20.1 Å². The summed E-state index contributed by atoms with van der Waals surface area (Å²) in [6.07, 6.45) is -4.61. The van der Waals surface area contributed by atoms with Crippen LogP contribution in [0.1, 0.15) is 13.8 Å². The Bertz CT molecular complexity index is 235. The van der Waals surface area contributed by atoms with E-state index in [1.54, 1.807) is 6.92 Å². The van der Waals surface area contributed by atoms with Crippen molar-refractivity contribution in [2.75, 3.05) is 5.75 Å². The first-order valence-corrected chi connectivity index (χ1v) is 5.75. The minimum absolute atomic E-state index is 0.0703. The molecule has 0 aliphatic carbocycles. The van der Waals surface area contributed by atoms with Gasteiger partial charge in [-0.25, -0.2) is 0 Å². The number of thioether (sulfide) groups is 1. The van der Waals surface area contributed by atoms with Crippen LogP contribution in [0.4, 0.5) is 0 Å². The zero-order valence-electron chi connectivity index (χ0n) is 8.66. The highest BCUT2D eigenvalue weighted by molar-refractivity contribution is 8.13. The molecule has 0 spiro atoms. The highest BCUT2D eigenvalue weighted by Crippen LogP contribution is 2.23. The Hall–Kier alpha value is -0.140. The van der Waals surface area contributed by atoms with Gasteiger partial charge in [0.05, 0.1) is 12.2 Å². The second-order valence-electron chi connectivity index (χ2n) is 3.65. The van der Waals surface area contributed by atoms with Crippen molar-refractivity contribution in [3.05, 3.63) is 0 Å². The van der Waals surface area contributed by atoms with Crippen LogP contribution >= 0.6 is 11.8 Å². The Morgan fingerprint density at radius 3 is 2.40 bits per heavy atom. The maximum absolute atomic E-state index is 10.7. The lowest BCUT2D eigenvalue weighted by Gasteiger charge is -2.39. The first-order chi connectivity index (χ1) is 6.93. The van der Waals surface area contributed by atoms with Crippen LogP contribution in [0.15, 0.2) is 0 Å². The van der Waals surface area contributed by atoms with E-state index in [1.165, 1.54) is 6.92 Å². The van der Waals surface area contributed by atoms with Gasteiger partial charge in [-0.05, 0) is 6.92 Å². The summed E-state index contributed by atoms with van der Waals surface area (Å²) in [5.74, 6) is 0.282. The van der Waals surface area contributed by atoms with Crippen molar-refractivity contribution in [2.45, 2.75) is 44.4 Å². The van der Waals surface area contributed by atoms with Crippen LogP contribution in [0.25, 0.3) is 0 Å². The molecular weight excluding hydrogens is 220 g/mol. The summed E-state index contributed by atoms with van der Waals surface area (Å²) < 4.78 is 5.30. The van der Waals surface area contributed by atoms with Crippen LogP contribution in [0.5, 0.6) is 0 Å². The van der Waals surface area contributed by atoms with E-state index < -0.39 is 30.5 Å². The lowest BCUT2D eigenvalue weighted by atomic mass is 9.96. The SMILES string of the molecule is CC(=O)SCC1O[C@H](C)C(O)[C@@H](O)[C@H]1O. The molecule has 0 bridgehead atoms. The normalized spacial score (nSPS) is 41.5. The van der Waals surface area contributed by atoms with Gasteiger partial charge in [-0.2, -0.15) is 0 Å². The number of carbonyl (C=O) groups excluding carboxylic acids is 1. The quantitative estimate of drug-likeness (QED) is 0.578. The van der Waals surface area contributed by atoms with Gasteiger partial charge in [0.2, 0.25) is 0 Å². The molecule has 0 amide bonds. The van der Waals surface area contributed by atoms with Gasteiger partial charge in [0.1, 0.15) is 18.3 Å². The predicted molar refractivity (Wildman–Crippen MR) is 55.5 cm³/mol. The molecule has 0 saturated carbocycles. The number of hydrogen-bond donors (Lipinski definition) is 3. The molecule has 5 atom stereocenters. The summed E-state index contributed by atoms with van der Waals surface area (Å²) in [6.45, 7) is 3.04. The number of aliphatic hydroxyl groups excluding tert-OH is 3. The second-order valence-corrected chi connectivity index (χ2v) is 4.85. The zero-order valence-corrected chi connectivity index (χ0v) is 9.48. The maximum Gasteiger partial charge on any atom is 0.185 e. The Morgan fingerprint density at radius 2 is 1.87 bits per heavy atom. The largest absolute Gasteiger partial charge is 0.388 e. The Kier molecular flexibility index (Phi) is 4.54. The first-order valence-electron chi connectivity index (χ1n) is 4.76. The Morgan fingerprint density at radius 1 is 1.27 bits per heavy atom. The standard InChI is InChI=1S/C9H16O5S/c1-4-7(11)9(13)8(12)6(14-4)3-15-5(2)10/h4,6-9,11-13H,3H2,1-2H3/t4-,6?,7?,8+,9-/m1/s1. The molecular formula is C9H16O5S. The summed E-state index contributed by atoms with van der Waals surface area (Å²) in [5.41, 5.74) is 0. The molecule has 0 aromatic carbocycles. The molecule has 15 heavy (non-hydrogen) atoms. The molecule has 1 aliphatic heterocycles. The molecule has 2 unspecified atom stereocenters. The minimum atomic E-state index is -1.22. The van der Waals surface area contributed by atoms with Crippen molar-refractivity contribution in [1.29, 1.82) is 0 Å². The lowest BCUT2D eigenvalue weighted by Crippen LogP contribution is -2.57. The van der Waals surface area contributed by atoms with Crippen molar-refractivity contribution in [1.82, 2.24) is 0 Å². The first kappa shape index (κ1) is 12.9. The zero-order chi connectivity index (χ0) is 11.6. The average Bonchev–Trinajstić information content (AvgIpc) is 2.18. The second kappa shape index (κ2) is 5.27. The molecule has 6 heteroatoms. The molecule has 1 aliphatic rings. The summed E-state index contributed by atoms with van der Waals surface area (Å²) in [5, 5.41) is 28.4. The number of rotatable bonds is 2. The third kappa shape index (κ3) is 3.15. The van der Waals surface area contributed by atoms with Crippen molar-refractivity contribution >= 4 is 16.9 Å². The van der Waals surface area contributed by atoms with E-state index in [0.29, 0.717) is 0 Å². The highest BCUT2D eigenvalue weighted by Gasteiger charge is 2.41. The smallest absolute Gasteiger partial charge is 0.185 e. The molecule has 88 valence electrons. The number of aliphatic hydroxyl groups is 3. The molecule has 0 aromatic rings. The van der Waals surface area contributed by atoms with Crippen LogP contribution in [0.2, 0.25) is 0 Å². The summed E-state index contributed by atoms with van der Waals surface area (Å²) in [6, 6.07) is 0. The van der Waals surface area contributed by atoms with Gasteiger partial charge in [0.15, 0.2) is 5.12 Å². The third-order valence-corrected chi connectivity index (χ3v) is 3.30. The summed E-state index contributed by atoms with van der Waals surface area (Å²) >= 11 is 1.03. The molecule has 0 radical (unpaired) electrons. The monoisotopic (exact) mass is 236 g/mol. The molecule has 0 aromatic heterocycles. The molecule has 1 saturated heterocycles. The van der Waals surface area contributed by atoms with E-state index in [-0.39, 0.29) is 10.9 Å². The fraction of sp³-hybridized carbons (Fsp3) is 0.889. The average molecular weight is 236 g/mol. The van der Waals surface area contributed by atoms with E-state index in [2.05, 4.69) is 0 Å². The van der Waals surface area contributed by atoms with Crippen molar-refractivity contribution < 1.29 is 24.9 Å². The predicted octanol–water partition coefficient (Wildman–Crippen LogP) is -0.864. The van der Waals surface area contributed by atoms with E-state index >= 15 is 0 Å². The number of ether oxygens (including phenoxy) is 1. The van der Waals surface area contributed by atoms with Crippen LogP contribution in [-0.2, 0) is 9.53 Å². The van der Waals surface area contributed by atoms with Gasteiger partial charge in [0, 0.05) is 12.7 Å². The summed E-state index contributed by atoms with van der Waals surface area (Å²) in [4.78, 5) is 10.7. The van der Waals surface area contributed by atoms with Crippen molar-refractivity contribution in [3.8, 4) is 0 Å². The van der Waals surface area contributed by atoms with Crippen LogP contribution in [0, 0.1) is 0 Å². The number of hydrogen-bond acceptors (Lipinski definition) is 6. The van der Waals surface area contributed by atoms with Gasteiger partial charge in [-0.1, -0.05) is 11.8 Å². The fourth-order valence-electron chi connectivity index (χ4n) is 1.47. The van der Waals surface area contributed by atoms with Crippen LogP contribution in [-0.4, -0.2) is 56.7 Å². The van der Waals surface area contributed by atoms with E-state index in [0.717, 1.165) is 11.8 Å². The third-order valence-electron chi connectivity index (χ3n) is 2.40. The van der Waals surface area contributed by atoms with Crippen LogP contribution < -0.4 is 0 Å². The topological polar surface area (TPSA) is 87.0 Å². The molecule has 5 nitrogen and oxygen atoms in total. The Labute approximate surface area is 92.4 Å². The number of carbonyl (C=O) groups is 1. The van der Waals surface area contributed by atoms with Gasteiger partial charge >= 0.3 is 0 Å². The van der Waals surface area contributed by atoms with Crippen molar-refractivity contribution in [3.63, 3.8) is 0 Å². The van der Waals surface area contributed by atoms with Gasteiger partial charge in [-0.3, -0.25) is 4.79 Å². The minimum Gasteiger partial charge on any atom is -0.388 e. The molecule has 1 heterocycles. The van der Waals surface area contributed by atoms with Gasteiger partial charge in [0.25, 0.3) is 0 Å². The van der Waals surface area contributed by atoms with Gasteiger partial charge in [-0.15, -0.1) is 0 Å². The Balaban J connectivity index is 2.54. The van der Waals surface area contributed by atoms with Crippen molar-refractivity contribution in [2.24, 2.45) is 0 Å². The van der Waals surface area contributed by atoms with E-state index in [4.69, 9.17) is 4.74 Å². The molecule has 1 rings (SSSR count). The molecule has 1 fully saturated rings. The summed E-state index contributed by atoms with van der Waals surface area (Å²) in [7, 11) is 0.